The summed E-state index contributed by atoms with van der Waals surface area (Å²) in [5.74, 6) is 2.00. The van der Waals surface area contributed by atoms with E-state index in [0.29, 0.717) is 29.3 Å². The average molecular weight is 661 g/mol. The minimum atomic E-state index is -2.00. The van der Waals surface area contributed by atoms with Gasteiger partial charge in [0, 0.05) is 17.4 Å². The van der Waals surface area contributed by atoms with Gasteiger partial charge in [-0.2, -0.15) is 0 Å². The number of hydrogen-bond donors (Lipinski definition) is 0. The second-order valence-electron chi connectivity index (χ2n) is 21.1. The molecule has 0 aromatic rings. The van der Waals surface area contributed by atoms with Crippen LogP contribution in [0.15, 0.2) is 11.3 Å². The van der Waals surface area contributed by atoms with E-state index in [0.717, 1.165) is 19.8 Å². The van der Waals surface area contributed by atoms with Gasteiger partial charge in [0.25, 0.3) is 0 Å². The van der Waals surface area contributed by atoms with Gasteiger partial charge in [-0.15, -0.1) is 0 Å². The molecule has 2 bridgehead atoms. The standard InChI is InChI=1S/C38H72O3Si3/c1-33(2,3)43(12,13)40-26-37-20-16-21-38(27-39-25-37)30-19-22-35(7)28(24-42(9,10)11)17-18-29(35)36(30,8)32(23-31(37)38)41-44(14,15)34(4,5)6/h24,29-32H,16-23,25-27H2,1-15H3/b28-24+/t29?,30?,31-,32+,35?,36?,37?,38?/m0/s1. The maximum atomic E-state index is 7.82. The zero-order chi connectivity index (χ0) is 33.0. The van der Waals surface area contributed by atoms with E-state index in [1.54, 1.807) is 0 Å². The molecule has 44 heavy (non-hydrogen) atoms. The summed E-state index contributed by atoms with van der Waals surface area (Å²) in [7, 11) is -5.18. The first-order valence-electron chi connectivity index (χ1n) is 18.5. The smallest absolute Gasteiger partial charge is 0.192 e. The van der Waals surface area contributed by atoms with Crippen LogP contribution in [0.1, 0.15) is 107 Å². The van der Waals surface area contributed by atoms with Gasteiger partial charge in [-0.05, 0) is 110 Å². The molecule has 0 radical (unpaired) electrons. The van der Waals surface area contributed by atoms with Gasteiger partial charge in [-0.25, -0.2) is 0 Å². The summed E-state index contributed by atoms with van der Waals surface area (Å²) in [6, 6.07) is 0. The average Bonchev–Trinajstić information content (AvgIpc) is 3.17. The summed E-state index contributed by atoms with van der Waals surface area (Å²) >= 11 is 0. The molecule has 6 heteroatoms. The zero-order valence-electron chi connectivity index (χ0n) is 31.9. The lowest BCUT2D eigenvalue weighted by Crippen LogP contribution is -2.72. The van der Waals surface area contributed by atoms with Crippen LogP contribution in [0.2, 0.25) is 55.9 Å². The minimum Gasteiger partial charge on any atom is -0.416 e. The molecule has 6 unspecified atom stereocenters. The summed E-state index contributed by atoms with van der Waals surface area (Å²) < 4.78 is 21.8. The van der Waals surface area contributed by atoms with Gasteiger partial charge in [-0.3, -0.25) is 0 Å². The van der Waals surface area contributed by atoms with Crippen LogP contribution in [0.25, 0.3) is 0 Å². The Bertz CT molecular complexity index is 1110. The van der Waals surface area contributed by atoms with Gasteiger partial charge in [0.2, 0.25) is 0 Å². The van der Waals surface area contributed by atoms with Crippen molar-refractivity contribution in [2.45, 2.75) is 169 Å². The Kier molecular flexibility index (Phi) is 8.80. The first-order valence-corrected chi connectivity index (χ1v) is 27.9. The number of fused-ring (bicyclic) bond motifs is 3. The first-order chi connectivity index (χ1) is 19.8. The van der Waals surface area contributed by atoms with E-state index in [1.165, 1.54) is 51.4 Å². The third-order valence-electron chi connectivity index (χ3n) is 15.4. The Morgan fingerprint density at radius 2 is 1.43 bits per heavy atom. The molecular formula is C38H72O3Si3. The summed E-state index contributed by atoms with van der Waals surface area (Å²) in [6.07, 6.45) is 10.8. The van der Waals surface area contributed by atoms with Crippen LogP contribution < -0.4 is 0 Å². The molecule has 1 heterocycles. The molecular weight excluding hydrogens is 589 g/mol. The van der Waals surface area contributed by atoms with Crippen LogP contribution in [-0.2, 0) is 13.6 Å². The van der Waals surface area contributed by atoms with Crippen molar-refractivity contribution < 1.29 is 13.6 Å². The van der Waals surface area contributed by atoms with Crippen LogP contribution in [-0.4, -0.2) is 50.6 Å². The lowest BCUT2D eigenvalue weighted by Gasteiger charge is -2.72. The third kappa shape index (κ3) is 5.51. The Morgan fingerprint density at radius 3 is 2.02 bits per heavy atom. The number of allylic oxidation sites excluding steroid dienone is 1. The van der Waals surface area contributed by atoms with E-state index in [2.05, 4.69) is 107 Å². The van der Waals surface area contributed by atoms with Crippen LogP contribution >= 0.6 is 0 Å². The number of rotatable bonds is 6. The number of hydrogen-bond acceptors (Lipinski definition) is 3. The second kappa shape index (κ2) is 10.9. The highest BCUT2D eigenvalue weighted by Crippen LogP contribution is 2.75. The summed E-state index contributed by atoms with van der Waals surface area (Å²) in [4.78, 5) is 0. The van der Waals surface area contributed by atoms with Crippen LogP contribution in [0.3, 0.4) is 0 Å². The van der Waals surface area contributed by atoms with Crippen LogP contribution in [0, 0.1) is 39.4 Å². The molecule has 8 atom stereocenters. The quantitative estimate of drug-likeness (QED) is 0.265. The van der Waals surface area contributed by atoms with E-state index in [1.807, 2.05) is 5.57 Å². The topological polar surface area (TPSA) is 27.7 Å². The highest BCUT2D eigenvalue weighted by Gasteiger charge is 2.72. The fourth-order valence-corrected chi connectivity index (χ4v) is 15.0. The largest absolute Gasteiger partial charge is 0.416 e. The minimum absolute atomic E-state index is 0.127. The van der Waals surface area contributed by atoms with Gasteiger partial charge < -0.3 is 13.6 Å². The Balaban J connectivity index is 1.61. The molecule has 5 rings (SSSR count). The highest BCUT2D eigenvalue weighted by molar-refractivity contribution is 6.81. The van der Waals surface area contributed by atoms with Crippen molar-refractivity contribution in [3.63, 3.8) is 0 Å². The van der Waals surface area contributed by atoms with Gasteiger partial charge in [0.15, 0.2) is 16.6 Å². The van der Waals surface area contributed by atoms with Crippen molar-refractivity contribution in [1.29, 1.82) is 0 Å². The maximum Gasteiger partial charge on any atom is 0.192 e. The predicted molar refractivity (Wildman–Crippen MR) is 196 cm³/mol. The molecule has 0 amide bonds. The summed E-state index contributed by atoms with van der Waals surface area (Å²) in [5.41, 5.74) is 5.50. The zero-order valence-corrected chi connectivity index (χ0v) is 34.9. The monoisotopic (exact) mass is 660 g/mol. The van der Waals surface area contributed by atoms with Crippen molar-refractivity contribution in [3.05, 3.63) is 11.3 Å². The lowest BCUT2D eigenvalue weighted by molar-refractivity contribution is -0.287. The van der Waals surface area contributed by atoms with E-state index in [-0.39, 0.29) is 26.3 Å². The normalized spacial score (nSPS) is 42.6. The van der Waals surface area contributed by atoms with E-state index in [4.69, 9.17) is 13.6 Å². The van der Waals surface area contributed by atoms with E-state index >= 15 is 0 Å². The summed E-state index contributed by atoms with van der Waals surface area (Å²) in [6.45, 7) is 40.2. The SMILES string of the molecule is CC12CCC3C45CCCC(CO[Si](C)(C)C(C)(C)C)(COC4)[C@@H]5C[C@@H](O[Si](C)(C)C(C)(C)C)C3(C)C1CC/C2=C\[Si](C)(C)C. The van der Waals surface area contributed by atoms with Gasteiger partial charge in [0.05, 0.1) is 27.4 Å². The molecule has 4 aliphatic carbocycles. The first kappa shape index (κ1) is 35.6. The lowest BCUT2D eigenvalue weighted by atomic mass is 9.35. The fourth-order valence-electron chi connectivity index (χ4n) is 11.0. The fraction of sp³-hybridized carbons (Fsp3) is 0.947. The Morgan fingerprint density at radius 1 is 0.795 bits per heavy atom. The number of ether oxygens (including phenoxy) is 1. The van der Waals surface area contributed by atoms with Crippen molar-refractivity contribution in [2.75, 3.05) is 19.8 Å². The Labute approximate surface area is 276 Å². The summed E-state index contributed by atoms with van der Waals surface area (Å²) in [5, 5.41) is 0.431. The molecule has 1 aliphatic heterocycles. The molecule has 254 valence electrons. The van der Waals surface area contributed by atoms with Crippen LogP contribution in [0.5, 0.6) is 0 Å². The molecule has 4 saturated carbocycles. The molecule has 0 spiro atoms. The molecule has 0 aromatic carbocycles. The van der Waals surface area contributed by atoms with Gasteiger partial charge in [0.1, 0.15) is 0 Å². The van der Waals surface area contributed by atoms with Crippen molar-refractivity contribution in [3.8, 4) is 0 Å². The Hall–Kier alpha value is 0.271. The van der Waals surface area contributed by atoms with Crippen molar-refractivity contribution in [2.24, 2.45) is 39.4 Å². The van der Waals surface area contributed by atoms with Crippen molar-refractivity contribution in [1.82, 2.24) is 0 Å². The maximum absolute atomic E-state index is 7.82. The molecule has 3 nitrogen and oxygen atoms in total. The van der Waals surface area contributed by atoms with Gasteiger partial charge in [-0.1, -0.05) is 92.7 Å². The van der Waals surface area contributed by atoms with E-state index < -0.39 is 24.7 Å². The second-order valence-corrected chi connectivity index (χ2v) is 35.7. The molecule has 0 aromatic heterocycles. The predicted octanol–water partition coefficient (Wildman–Crippen LogP) is 11.2. The highest BCUT2D eigenvalue weighted by atomic mass is 28.4. The molecule has 5 fully saturated rings. The third-order valence-corrected chi connectivity index (χ3v) is 25.6. The van der Waals surface area contributed by atoms with Crippen molar-refractivity contribution >= 4 is 24.7 Å². The van der Waals surface area contributed by atoms with E-state index in [9.17, 15) is 0 Å². The molecule has 1 saturated heterocycles. The molecule has 0 N–H and O–H groups in total. The van der Waals surface area contributed by atoms with Crippen LogP contribution in [0.4, 0.5) is 0 Å². The molecule has 5 aliphatic rings. The van der Waals surface area contributed by atoms with Gasteiger partial charge >= 0.3 is 0 Å².